The summed E-state index contributed by atoms with van der Waals surface area (Å²) in [5.41, 5.74) is 1.82. The number of thioether (sulfide) groups is 1. The smallest absolute Gasteiger partial charge is 0.238 e. The molecule has 0 saturated carbocycles. The van der Waals surface area contributed by atoms with E-state index in [-0.39, 0.29) is 17.1 Å². The van der Waals surface area contributed by atoms with Crippen LogP contribution in [0, 0.1) is 5.92 Å². The number of ether oxygens (including phenoxy) is 1. The van der Waals surface area contributed by atoms with E-state index in [2.05, 4.69) is 27.6 Å². The highest BCUT2D eigenvalue weighted by molar-refractivity contribution is 8.00. The summed E-state index contributed by atoms with van der Waals surface area (Å²) in [4.78, 5) is 13.2. The van der Waals surface area contributed by atoms with E-state index >= 15 is 0 Å². The van der Waals surface area contributed by atoms with E-state index in [9.17, 15) is 4.79 Å². The summed E-state index contributed by atoms with van der Waals surface area (Å²) in [5, 5.41) is 12.1. The zero-order valence-electron chi connectivity index (χ0n) is 18.8. The van der Waals surface area contributed by atoms with Gasteiger partial charge in [-0.05, 0) is 47.9 Å². The molecule has 0 radical (unpaired) electrons. The zero-order valence-corrected chi connectivity index (χ0v) is 19.6. The van der Waals surface area contributed by atoms with Gasteiger partial charge in [0, 0.05) is 5.69 Å². The lowest BCUT2D eigenvalue weighted by molar-refractivity contribution is -0.116. The highest BCUT2D eigenvalue weighted by Gasteiger charge is 2.28. The van der Waals surface area contributed by atoms with Crippen molar-refractivity contribution in [3.05, 3.63) is 78.6 Å². The summed E-state index contributed by atoms with van der Waals surface area (Å²) in [7, 11) is 1.61. The van der Waals surface area contributed by atoms with Gasteiger partial charge in [-0.15, -0.1) is 10.2 Å². The average Bonchev–Trinajstić information content (AvgIpc) is 3.48. The second-order valence-corrected chi connectivity index (χ2v) is 8.96. The number of anilines is 1. The molecule has 1 amide bonds. The van der Waals surface area contributed by atoms with Crippen molar-refractivity contribution in [2.24, 2.45) is 5.92 Å². The van der Waals surface area contributed by atoms with Crippen LogP contribution in [0.3, 0.4) is 0 Å². The van der Waals surface area contributed by atoms with Gasteiger partial charge in [0.15, 0.2) is 10.9 Å². The molecule has 2 heterocycles. The molecule has 2 aromatic carbocycles. The van der Waals surface area contributed by atoms with Crippen LogP contribution in [-0.2, 0) is 11.3 Å². The minimum absolute atomic E-state index is 0.0715. The number of hydrogen-bond acceptors (Lipinski definition) is 6. The number of nitrogens with zero attached hydrogens (tertiary/aromatic N) is 3. The third-order valence-electron chi connectivity index (χ3n) is 5.10. The Morgan fingerprint density at radius 2 is 1.82 bits per heavy atom. The number of aromatic nitrogens is 3. The van der Waals surface area contributed by atoms with Crippen LogP contribution >= 0.6 is 11.8 Å². The molecule has 1 atom stereocenters. The van der Waals surface area contributed by atoms with Gasteiger partial charge < -0.3 is 14.5 Å². The first-order chi connectivity index (χ1) is 16.0. The molecule has 0 aliphatic carbocycles. The summed E-state index contributed by atoms with van der Waals surface area (Å²) in [5.74, 6) is 1.98. The molecule has 2 aromatic heterocycles. The Morgan fingerprint density at radius 3 is 2.45 bits per heavy atom. The maximum absolute atomic E-state index is 13.2. The fraction of sp³-hybridized carbons (Fsp3) is 0.240. The van der Waals surface area contributed by atoms with Crippen molar-refractivity contribution in [1.29, 1.82) is 0 Å². The van der Waals surface area contributed by atoms with Crippen LogP contribution in [0.15, 0.2) is 82.6 Å². The van der Waals surface area contributed by atoms with Crippen LogP contribution in [0.4, 0.5) is 5.69 Å². The molecule has 8 heteroatoms. The van der Waals surface area contributed by atoms with Gasteiger partial charge in [-0.25, -0.2) is 0 Å². The van der Waals surface area contributed by atoms with Gasteiger partial charge in [0.25, 0.3) is 0 Å². The normalized spacial score (nSPS) is 12.0. The van der Waals surface area contributed by atoms with E-state index in [1.54, 1.807) is 13.4 Å². The first kappa shape index (κ1) is 22.7. The number of amides is 1. The number of carbonyl (C=O) groups is 1. The monoisotopic (exact) mass is 462 g/mol. The number of rotatable bonds is 9. The van der Waals surface area contributed by atoms with E-state index in [1.807, 2.05) is 73.0 Å². The molecule has 170 valence electrons. The van der Waals surface area contributed by atoms with E-state index in [1.165, 1.54) is 11.8 Å². The van der Waals surface area contributed by atoms with Gasteiger partial charge in [-0.1, -0.05) is 55.9 Å². The molecular formula is C25H26N4O3S. The topological polar surface area (TPSA) is 82.2 Å². The molecule has 0 bridgehead atoms. The number of nitrogens with one attached hydrogen (secondary N) is 1. The van der Waals surface area contributed by atoms with Crippen LogP contribution in [-0.4, -0.2) is 33.0 Å². The van der Waals surface area contributed by atoms with Gasteiger partial charge in [0.05, 0.1) is 25.2 Å². The molecule has 7 nitrogen and oxygen atoms in total. The quantitative estimate of drug-likeness (QED) is 0.338. The predicted molar refractivity (Wildman–Crippen MR) is 129 cm³/mol. The van der Waals surface area contributed by atoms with E-state index in [4.69, 9.17) is 9.15 Å². The zero-order chi connectivity index (χ0) is 23.2. The average molecular weight is 463 g/mol. The van der Waals surface area contributed by atoms with E-state index in [0.717, 1.165) is 11.3 Å². The fourth-order valence-electron chi connectivity index (χ4n) is 3.37. The molecule has 1 unspecified atom stereocenters. The second kappa shape index (κ2) is 10.4. The molecule has 4 rings (SSSR count). The Morgan fingerprint density at radius 1 is 1.06 bits per heavy atom. The standard InChI is InChI=1S/C25H26N4O3S/c1-17(2)22(24(30)26-19-11-13-20(31-3)14-12-19)33-25-28-27-23(21-10-7-15-32-21)29(25)16-18-8-5-4-6-9-18/h4-15,17,22H,16H2,1-3H3,(H,26,30). The first-order valence-electron chi connectivity index (χ1n) is 10.7. The van der Waals surface area contributed by atoms with Gasteiger partial charge in [0.2, 0.25) is 11.7 Å². The number of benzene rings is 2. The highest BCUT2D eigenvalue weighted by atomic mass is 32.2. The van der Waals surface area contributed by atoms with E-state index in [0.29, 0.717) is 29.0 Å². The minimum Gasteiger partial charge on any atom is -0.497 e. The molecule has 33 heavy (non-hydrogen) atoms. The summed E-state index contributed by atoms with van der Waals surface area (Å²) in [6, 6.07) is 21.1. The molecular weight excluding hydrogens is 436 g/mol. The predicted octanol–water partition coefficient (Wildman–Crippen LogP) is 5.35. The van der Waals surface area contributed by atoms with Crippen LogP contribution in [0.2, 0.25) is 0 Å². The summed E-state index contributed by atoms with van der Waals surface area (Å²) < 4.78 is 12.8. The second-order valence-electron chi connectivity index (χ2n) is 7.86. The SMILES string of the molecule is COc1ccc(NC(=O)C(Sc2nnc(-c3ccco3)n2Cc2ccccc2)C(C)C)cc1. The van der Waals surface area contributed by atoms with Crippen LogP contribution in [0.25, 0.3) is 11.6 Å². The molecule has 1 N–H and O–H groups in total. The highest BCUT2D eigenvalue weighted by Crippen LogP contribution is 2.32. The molecule has 4 aromatic rings. The lowest BCUT2D eigenvalue weighted by atomic mass is 10.1. The maximum Gasteiger partial charge on any atom is 0.238 e. The summed E-state index contributed by atoms with van der Waals surface area (Å²) >= 11 is 1.41. The Labute approximate surface area is 197 Å². The van der Waals surface area contributed by atoms with Crippen molar-refractivity contribution in [2.45, 2.75) is 30.8 Å². The van der Waals surface area contributed by atoms with Gasteiger partial charge in [0.1, 0.15) is 5.75 Å². The van der Waals surface area contributed by atoms with Gasteiger partial charge in [-0.2, -0.15) is 0 Å². The minimum atomic E-state index is -0.365. The van der Waals surface area contributed by atoms with Crippen molar-refractivity contribution >= 4 is 23.4 Å². The molecule has 0 saturated heterocycles. The lowest BCUT2D eigenvalue weighted by Gasteiger charge is -2.20. The van der Waals surface area contributed by atoms with Crippen molar-refractivity contribution in [1.82, 2.24) is 14.8 Å². The lowest BCUT2D eigenvalue weighted by Crippen LogP contribution is -2.30. The Balaban J connectivity index is 1.60. The van der Waals surface area contributed by atoms with Crippen LogP contribution < -0.4 is 10.1 Å². The molecule has 0 fully saturated rings. The summed E-state index contributed by atoms with van der Waals surface area (Å²) in [6.07, 6.45) is 1.61. The van der Waals surface area contributed by atoms with Crippen LogP contribution in [0.1, 0.15) is 19.4 Å². The maximum atomic E-state index is 13.2. The number of hydrogen-bond donors (Lipinski definition) is 1. The fourth-order valence-corrected chi connectivity index (χ4v) is 4.40. The Hall–Kier alpha value is -3.52. The number of furan rings is 1. The van der Waals surface area contributed by atoms with Crippen molar-refractivity contribution in [3.8, 4) is 17.3 Å². The Kier molecular flexibility index (Phi) is 7.14. The van der Waals surface area contributed by atoms with Crippen molar-refractivity contribution < 1.29 is 13.9 Å². The van der Waals surface area contributed by atoms with Crippen molar-refractivity contribution in [3.63, 3.8) is 0 Å². The molecule has 0 aliphatic heterocycles. The Bertz CT molecular complexity index is 1170. The van der Waals surface area contributed by atoms with Gasteiger partial charge in [-0.3, -0.25) is 9.36 Å². The van der Waals surface area contributed by atoms with Crippen LogP contribution in [0.5, 0.6) is 5.75 Å². The van der Waals surface area contributed by atoms with E-state index < -0.39 is 0 Å². The number of methoxy groups -OCH3 is 1. The third kappa shape index (κ3) is 5.46. The van der Waals surface area contributed by atoms with Crippen molar-refractivity contribution in [2.75, 3.05) is 12.4 Å². The largest absolute Gasteiger partial charge is 0.497 e. The first-order valence-corrected chi connectivity index (χ1v) is 11.6. The van der Waals surface area contributed by atoms with Gasteiger partial charge >= 0.3 is 0 Å². The number of carbonyl (C=O) groups excluding carboxylic acids is 1. The molecule has 0 spiro atoms. The third-order valence-corrected chi connectivity index (χ3v) is 6.62. The molecule has 0 aliphatic rings. The summed E-state index contributed by atoms with van der Waals surface area (Å²) in [6.45, 7) is 4.62.